The van der Waals surface area contributed by atoms with Crippen LogP contribution in [-0.2, 0) is 33.3 Å². The lowest BCUT2D eigenvalue weighted by Gasteiger charge is -2.48. The lowest BCUT2D eigenvalue weighted by Crippen LogP contribution is -2.60. The Morgan fingerprint density at radius 2 is 1.76 bits per heavy atom. The number of nitrogens with zero attached hydrogens (tertiary/aromatic N) is 3. The van der Waals surface area contributed by atoms with Crippen LogP contribution in [0, 0.1) is 17.8 Å². The Balaban J connectivity index is 2.22. The molecule has 0 amide bonds. The maximum absolute atomic E-state index is 14.2. The maximum atomic E-state index is 14.2. The van der Waals surface area contributed by atoms with Crippen LogP contribution in [0.4, 0.5) is 0 Å². The predicted octanol–water partition coefficient (Wildman–Crippen LogP) is 2.08. The highest BCUT2D eigenvalue weighted by molar-refractivity contribution is 6.00. The molecule has 13 atom stereocenters. The molecule has 2 bridgehead atoms. The molecule has 0 spiro atoms. The van der Waals surface area contributed by atoms with Gasteiger partial charge in [-0.15, -0.1) is 0 Å². The summed E-state index contributed by atoms with van der Waals surface area (Å²) in [6, 6.07) is -0.391. The lowest BCUT2D eigenvalue weighted by molar-refractivity contribution is -0.296. The van der Waals surface area contributed by atoms with Gasteiger partial charge in [-0.1, -0.05) is 25.9 Å². The number of esters is 1. The number of hydrogen-bond donors (Lipinski definition) is 3. The number of rotatable bonds is 4. The largest absolute Gasteiger partial charge is 0.459 e. The zero-order chi connectivity index (χ0) is 34.7. The van der Waals surface area contributed by atoms with Gasteiger partial charge in [0.1, 0.15) is 29.4 Å². The van der Waals surface area contributed by atoms with Gasteiger partial charge >= 0.3 is 5.97 Å². The zero-order valence-corrected chi connectivity index (χ0v) is 29.6. The number of likely N-dealkylation sites (N-methyl/N-ethyl adjacent to an activating group) is 1. The number of hydrogen-bond acceptors (Lipinski definition) is 13. The fraction of sp³-hybridized carbons (Fsp3) is 0.909. The molecule has 4 heterocycles. The van der Waals surface area contributed by atoms with Crippen molar-refractivity contribution in [3.63, 3.8) is 0 Å². The van der Waals surface area contributed by atoms with E-state index in [1.807, 2.05) is 53.7 Å². The SMILES string of the molecule is CC[C@H]1OC(=O)[C@H](C)C(=O)[C@H](C)[C@@H](O[C@@H]2O[C@H](C)C[C@H](N(C)C)[C@H]2O)[C@@]2(C)C[C@@H](C)N(C)C[C@H](C)[C@@H](OC/C(=N\O)CO2)[C@]1(C)O. The summed E-state index contributed by atoms with van der Waals surface area (Å²) in [5.41, 5.74) is -2.69. The van der Waals surface area contributed by atoms with Gasteiger partial charge in [-0.2, -0.15) is 0 Å². The second kappa shape index (κ2) is 15.7. The van der Waals surface area contributed by atoms with Crippen molar-refractivity contribution < 1.29 is 48.7 Å². The number of aliphatic hydroxyl groups excluding tert-OH is 1. The summed E-state index contributed by atoms with van der Waals surface area (Å²) in [5.74, 6) is -3.58. The minimum atomic E-state index is -1.65. The van der Waals surface area contributed by atoms with Crippen LogP contribution < -0.4 is 0 Å². The average Bonchev–Trinajstić information content (AvgIpc) is 2.98. The summed E-state index contributed by atoms with van der Waals surface area (Å²) in [6.45, 7) is 14.4. The zero-order valence-electron chi connectivity index (χ0n) is 29.6. The molecule has 0 saturated carbocycles. The van der Waals surface area contributed by atoms with Gasteiger partial charge in [0.15, 0.2) is 12.1 Å². The summed E-state index contributed by atoms with van der Waals surface area (Å²) in [5, 5.41) is 36.8. The van der Waals surface area contributed by atoms with E-state index in [0.717, 1.165) is 0 Å². The van der Waals surface area contributed by atoms with Crippen molar-refractivity contribution >= 4 is 17.5 Å². The summed E-state index contributed by atoms with van der Waals surface area (Å²) in [7, 11) is 5.73. The van der Waals surface area contributed by atoms with Gasteiger partial charge in [0.25, 0.3) is 0 Å². The molecule has 4 aliphatic heterocycles. The number of ether oxygens (including phenoxy) is 5. The maximum Gasteiger partial charge on any atom is 0.316 e. The monoisotopic (exact) mass is 657 g/mol. The minimum absolute atomic E-state index is 0.131. The Hall–Kier alpha value is -1.71. The number of oxime groups is 1. The van der Waals surface area contributed by atoms with E-state index >= 15 is 0 Å². The average molecular weight is 658 g/mol. The second-order valence-corrected chi connectivity index (χ2v) is 14.6. The minimum Gasteiger partial charge on any atom is -0.459 e. The molecular weight excluding hydrogens is 598 g/mol. The fourth-order valence-electron chi connectivity index (χ4n) is 7.46. The van der Waals surface area contributed by atoms with Crippen molar-refractivity contribution in [2.24, 2.45) is 22.9 Å². The first kappa shape index (κ1) is 38.7. The Labute approximate surface area is 274 Å². The van der Waals surface area contributed by atoms with Crippen molar-refractivity contribution in [1.29, 1.82) is 0 Å². The Morgan fingerprint density at radius 1 is 1.11 bits per heavy atom. The topological polar surface area (TPSA) is 160 Å². The van der Waals surface area contributed by atoms with Crippen molar-refractivity contribution in [3.05, 3.63) is 0 Å². The van der Waals surface area contributed by atoms with E-state index in [1.165, 1.54) is 6.92 Å². The van der Waals surface area contributed by atoms with Gasteiger partial charge in [0.05, 0.1) is 37.1 Å². The van der Waals surface area contributed by atoms with Gasteiger partial charge in [-0.25, -0.2) is 0 Å². The van der Waals surface area contributed by atoms with E-state index in [0.29, 0.717) is 19.4 Å². The molecule has 4 rings (SSSR count). The van der Waals surface area contributed by atoms with Crippen molar-refractivity contribution in [2.75, 3.05) is 40.9 Å². The van der Waals surface area contributed by atoms with E-state index in [1.54, 1.807) is 20.8 Å². The molecule has 4 aliphatic rings. The van der Waals surface area contributed by atoms with E-state index in [-0.39, 0.29) is 49.5 Å². The number of Topliss-reactive ketones (excluding diaryl/α,β-unsaturated/α-hetero) is 1. The van der Waals surface area contributed by atoms with Crippen molar-refractivity contribution in [3.8, 4) is 0 Å². The molecule has 13 nitrogen and oxygen atoms in total. The number of aliphatic hydroxyl groups is 2. The quantitative estimate of drug-likeness (QED) is 0.175. The summed E-state index contributed by atoms with van der Waals surface area (Å²) in [6.07, 6.45) is -3.97. The molecule has 3 N–H and O–H groups in total. The molecule has 0 radical (unpaired) electrons. The summed E-state index contributed by atoms with van der Waals surface area (Å²) in [4.78, 5) is 31.8. The van der Waals surface area contributed by atoms with Crippen LogP contribution in [0.25, 0.3) is 0 Å². The van der Waals surface area contributed by atoms with Crippen LogP contribution in [-0.4, -0.2) is 144 Å². The molecule has 0 aromatic carbocycles. The third-order valence-electron chi connectivity index (χ3n) is 10.4. The van der Waals surface area contributed by atoms with Gasteiger partial charge in [-0.3, -0.25) is 9.59 Å². The number of carbonyl (C=O) groups is 2. The number of ketones is 1. The first-order valence-corrected chi connectivity index (χ1v) is 16.6. The second-order valence-electron chi connectivity index (χ2n) is 14.6. The highest BCUT2D eigenvalue weighted by Crippen LogP contribution is 2.38. The van der Waals surface area contributed by atoms with Gasteiger partial charge in [0, 0.05) is 24.5 Å². The first-order valence-electron chi connectivity index (χ1n) is 16.6. The van der Waals surface area contributed by atoms with Crippen LogP contribution in [0.15, 0.2) is 5.16 Å². The molecule has 0 aliphatic carbocycles. The third-order valence-corrected chi connectivity index (χ3v) is 10.4. The van der Waals surface area contributed by atoms with E-state index in [9.17, 15) is 25.0 Å². The van der Waals surface area contributed by atoms with E-state index in [4.69, 9.17) is 23.7 Å². The van der Waals surface area contributed by atoms with Crippen LogP contribution >= 0.6 is 0 Å². The van der Waals surface area contributed by atoms with E-state index < -0.39 is 65.5 Å². The summed E-state index contributed by atoms with van der Waals surface area (Å²) < 4.78 is 31.5. The highest BCUT2D eigenvalue weighted by atomic mass is 16.7. The van der Waals surface area contributed by atoms with Gasteiger partial charge in [-0.05, 0) is 80.9 Å². The highest BCUT2D eigenvalue weighted by Gasteiger charge is 2.51. The van der Waals surface area contributed by atoms with Crippen LogP contribution in [0.1, 0.15) is 74.7 Å². The third kappa shape index (κ3) is 8.46. The fourth-order valence-corrected chi connectivity index (χ4v) is 7.46. The molecule has 4 fully saturated rings. The smallest absolute Gasteiger partial charge is 0.316 e. The molecule has 266 valence electrons. The Morgan fingerprint density at radius 3 is 2.35 bits per heavy atom. The Kier molecular flexibility index (Phi) is 13.2. The first-order chi connectivity index (χ1) is 21.4. The molecular formula is C33H59N3O10. The van der Waals surface area contributed by atoms with Crippen LogP contribution in [0.2, 0.25) is 0 Å². The Bertz CT molecular complexity index is 1070. The number of carbonyl (C=O) groups excluding carboxylic acids is 2. The molecule has 0 unspecified atom stereocenters. The van der Waals surface area contributed by atoms with Crippen molar-refractivity contribution in [1.82, 2.24) is 9.80 Å². The van der Waals surface area contributed by atoms with Gasteiger partial charge in [0.2, 0.25) is 0 Å². The van der Waals surface area contributed by atoms with Crippen LogP contribution in [0.5, 0.6) is 0 Å². The van der Waals surface area contributed by atoms with Gasteiger partial charge < -0.3 is 48.9 Å². The molecule has 13 heteroatoms. The molecule has 0 aromatic rings. The molecule has 4 saturated heterocycles. The molecule has 0 aromatic heterocycles. The lowest BCUT2D eigenvalue weighted by atomic mass is 9.79. The molecule has 46 heavy (non-hydrogen) atoms. The standard InChI is InChI=1S/C33H59N3O10/c1-12-25-33(8,40)28-18(2)15-36(11)19(3)14-32(7,43-17-23(34-41)16-42-28)29(21(5)26(37)22(6)30(39)45-25)46-31-27(38)24(35(9)10)13-20(4)44-31/h18-22,24-25,27-29,31,38,40-41H,12-17H2,1-11H3/b34-23+/t18-,19+,20+,21-,22+,24-,25+,27+,28+,29+,31-,32+,33+/m0/s1. The number of fused-ring (bicyclic) bond motifs is 15. The van der Waals surface area contributed by atoms with Crippen molar-refractivity contribution in [2.45, 2.75) is 135 Å². The predicted molar refractivity (Wildman–Crippen MR) is 171 cm³/mol. The summed E-state index contributed by atoms with van der Waals surface area (Å²) >= 11 is 0. The van der Waals surface area contributed by atoms with Crippen LogP contribution in [0.3, 0.4) is 0 Å². The van der Waals surface area contributed by atoms with E-state index in [2.05, 4.69) is 10.1 Å². The normalized spacial score (nSPS) is 45.4.